The Morgan fingerprint density at radius 3 is 2.12 bits per heavy atom. The minimum atomic E-state index is 0.571. The summed E-state index contributed by atoms with van der Waals surface area (Å²) in [5, 5.41) is 6.84. The SMILES string of the molecule is CC(C)NCCNCc1ccc(C(C)C)cc1. The Bertz CT molecular complexity index is 301. The molecule has 0 unspecified atom stereocenters. The lowest BCUT2D eigenvalue weighted by Crippen LogP contribution is -2.31. The molecule has 1 aromatic carbocycles. The van der Waals surface area contributed by atoms with Gasteiger partial charge >= 0.3 is 0 Å². The highest BCUT2D eigenvalue weighted by Crippen LogP contribution is 2.14. The molecule has 1 rings (SSSR count). The van der Waals surface area contributed by atoms with Crippen LogP contribution in [0.1, 0.15) is 44.7 Å². The van der Waals surface area contributed by atoms with Crippen molar-refractivity contribution in [2.24, 2.45) is 0 Å². The molecule has 0 spiro atoms. The lowest BCUT2D eigenvalue weighted by molar-refractivity contribution is 0.555. The molecular formula is C15H26N2. The number of hydrogen-bond acceptors (Lipinski definition) is 2. The maximum absolute atomic E-state index is 3.44. The zero-order valence-electron chi connectivity index (χ0n) is 11.6. The summed E-state index contributed by atoms with van der Waals surface area (Å²) in [4.78, 5) is 0. The maximum Gasteiger partial charge on any atom is 0.0206 e. The molecule has 0 bridgehead atoms. The van der Waals surface area contributed by atoms with Gasteiger partial charge in [0.1, 0.15) is 0 Å². The van der Waals surface area contributed by atoms with Crippen LogP contribution < -0.4 is 10.6 Å². The van der Waals surface area contributed by atoms with E-state index in [0.29, 0.717) is 12.0 Å². The van der Waals surface area contributed by atoms with Crippen LogP contribution in [0, 0.1) is 0 Å². The molecule has 0 atom stereocenters. The van der Waals surface area contributed by atoms with Crippen molar-refractivity contribution in [3.8, 4) is 0 Å². The normalized spacial score (nSPS) is 11.4. The summed E-state index contributed by atoms with van der Waals surface area (Å²) in [6.45, 7) is 11.8. The van der Waals surface area contributed by atoms with Gasteiger partial charge in [0, 0.05) is 25.7 Å². The van der Waals surface area contributed by atoms with Crippen molar-refractivity contribution in [3.05, 3.63) is 35.4 Å². The highest BCUT2D eigenvalue weighted by molar-refractivity contribution is 5.24. The molecule has 2 N–H and O–H groups in total. The van der Waals surface area contributed by atoms with E-state index in [1.165, 1.54) is 11.1 Å². The summed E-state index contributed by atoms with van der Waals surface area (Å²) >= 11 is 0. The van der Waals surface area contributed by atoms with Crippen molar-refractivity contribution in [2.75, 3.05) is 13.1 Å². The molecular weight excluding hydrogens is 208 g/mol. The minimum absolute atomic E-state index is 0.571. The third kappa shape index (κ3) is 5.85. The van der Waals surface area contributed by atoms with Crippen molar-refractivity contribution in [2.45, 2.75) is 46.2 Å². The zero-order chi connectivity index (χ0) is 12.7. The summed E-state index contributed by atoms with van der Waals surface area (Å²) in [5.41, 5.74) is 2.77. The Kier molecular flexibility index (Phi) is 6.23. The molecule has 0 aliphatic rings. The Morgan fingerprint density at radius 2 is 1.59 bits per heavy atom. The van der Waals surface area contributed by atoms with Crippen LogP contribution in [0.25, 0.3) is 0 Å². The average Bonchev–Trinajstić information content (AvgIpc) is 2.29. The van der Waals surface area contributed by atoms with E-state index in [1.807, 2.05) is 0 Å². The number of benzene rings is 1. The molecule has 0 heterocycles. The van der Waals surface area contributed by atoms with Gasteiger partial charge in [-0.15, -0.1) is 0 Å². The van der Waals surface area contributed by atoms with Gasteiger partial charge in [-0.05, 0) is 17.0 Å². The van der Waals surface area contributed by atoms with Gasteiger partial charge in [-0.3, -0.25) is 0 Å². The highest BCUT2D eigenvalue weighted by Gasteiger charge is 1.98. The third-order valence-electron chi connectivity index (χ3n) is 2.83. The van der Waals surface area contributed by atoms with Gasteiger partial charge in [0.15, 0.2) is 0 Å². The molecule has 2 heteroatoms. The van der Waals surface area contributed by atoms with Crippen LogP contribution in [0.4, 0.5) is 0 Å². The van der Waals surface area contributed by atoms with Crippen molar-refractivity contribution in [3.63, 3.8) is 0 Å². The fourth-order valence-electron chi connectivity index (χ4n) is 1.70. The standard InChI is InChI=1S/C15H26N2/c1-12(2)15-7-5-14(6-8-15)11-16-9-10-17-13(3)4/h5-8,12-13,16-17H,9-11H2,1-4H3. The monoisotopic (exact) mass is 234 g/mol. The highest BCUT2D eigenvalue weighted by atomic mass is 15.0. The van der Waals surface area contributed by atoms with Crippen LogP contribution in [-0.4, -0.2) is 19.1 Å². The number of hydrogen-bond donors (Lipinski definition) is 2. The molecule has 96 valence electrons. The first-order valence-corrected chi connectivity index (χ1v) is 6.62. The lowest BCUT2D eigenvalue weighted by Gasteiger charge is -2.10. The summed E-state index contributed by atoms with van der Waals surface area (Å²) in [6, 6.07) is 9.47. The van der Waals surface area contributed by atoms with E-state index in [-0.39, 0.29) is 0 Å². The summed E-state index contributed by atoms with van der Waals surface area (Å²) in [5.74, 6) is 0.618. The molecule has 0 saturated carbocycles. The molecule has 17 heavy (non-hydrogen) atoms. The topological polar surface area (TPSA) is 24.1 Å². The van der Waals surface area contributed by atoms with E-state index in [4.69, 9.17) is 0 Å². The van der Waals surface area contributed by atoms with Gasteiger partial charge in [-0.1, -0.05) is 52.0 Å². The Labute approximate surface area is 106 Å². The van der Waals surface area contributed by atoms with Crippen molar-refractivity contribution < 1.29 is 0 Å². The van der Waals surface area contributed by atoms with Crippen molar-refractivity contribution >= 4 is 0 Å². The molecule has 0 radical (unpaired) electrons. The van der Waals surface area contributed by atoms with Gasteiger partial charge in [0.05, 0.1) is 0 Å². The molecule has 2 nitrogen and oxygen atoms in total. The van der Waals surface area contributed by atoms with Crippen LogP contribution in [0.5, 0.6) is 0 Å². The number of rotatable bonds is 7. The second-order valence-corrected chi connectivity index (χ2v) is 5.18. The van der Waals surface area contributed by atoms with E-state index < -0.39 is 0 Å². The Hall–Kier alpha value is -0.860. The van der Waals surface area contributed by atoms with Crippen molar-refractivity contribution in [1.29, 1.82) is 0 Å². The van der Waals surface area contributed by atoms with E-state index in [1.54, 1.807) is 0 Å². The second-order valence-electron chi connectivity index (χ2n) is 5.18. The van der Waals surface area contributed by atoms with Crippen LogP contribution in [0.2, 0.25) is 0 Å². The summed E-state index contributed by atoms with van der Waals surface area (Å²) < 4.78 is 0. The quantitative estimate of drug-likeness (QED) is 0.709. The molecule has 0 aliphatic heterocycles. The second kappa shape index (κ2) is 7.46. The molecule has 0 aliphatic carbocycles. The van der Waals surface area contributed by atoms with E-state index in [2.05, 4.69) is 62.6 Å². The van der Waals surface area contributed by atoms with Gasteiger partial charge < -0.3 is 10.6 Å². The van der Waals surface area contributed by atoms with Crippen LogP contribution >= 0.6 is 0 Å². The van der Waals surface area contributed by atoms with Crippen LogP contribution in [-0.2, 0) is 6.54 Å². The first-order chi connectivity index (χ1) is 8.09. The van der Waals surface area contributed by atoms with Crippen LogP contribution in [0.3, 0.4) is 0 Å². The lowest BCUT2D eigenvalue weighted by atomic mass is 10.0. The summed E-state index contributed by atoms with van der Waals surface area (Å²) in [6.07, 6.45) is 0. The third-order valence-corrected chi connectivity index (χ3v) is 2.83. The molecule has 0 amide bonds. The Balaban J connectivity index is 2.23. The maximum atomic E-state index is 3.44. The largest absolute Gasteiger partial charge is 0.313 e. The fraction of sp³-hybridized carbons (Fsp3) is 0.600. The van der Waals surface area contributed by atoms with Gasteiger partial charge in [-0.2, -0.15) is 0 Å². The zero-order valence-corrected chi connectivity index (χ0v) is 11.6. The van der Waals surface area contributed by atoms with E-state index >= 15 is 0 Å². The van der Waals surface area contributed by atoms with Gasteiger partial charge in [0.25, 0.3) is 0 Å². The first-order valence-electron chi connectivity index (χ1n) is 6.62. The van der Waals surface area contributed by atoms with Gasteiger partial charge in [-0.25, -0.2) is 0 Å². The average molecular weight is 234 g/mol. The molecule has 1 aromatic rings. The fourth-order valence-corrected chi connectivity index (χ4v) is 1.70. The van der Waals surface area contributed by atoms with Crippen LogP contribution in [0.15, 0.2) is 24.3 Å². The summed E-state index contributed by atoms with van der Waals surface area (Å²) in [7, 11) is 0. The molecule has 0 saturated heterocycles. The van der Waals surface area contributed by atoms with Gasteiger partial charge in [0.2, 0.25) is 0 Å². The van der Waals surface area contributed by atoms with E-state index in [9.17, 15) is 0 Å². The minimum Gasteiger partial charge on any atom is -0.313 e. The number of nitrogens with one attached hydrogen (secondary N) is 2. The predicted molar refractivity (Wildman–Crippen MR) is 75.4 cm³/mol. The predicted octanol–water partition coefficient (Wildman–Crippen LogP) is 2.90. The smallest absolute Gasteiger partial charge is 0.0206 e. The van der Waals surface area contributed by atoms with E-state index in [0.717, 1.165) is 19.6 Å². The van der Waals surface area contributed by atoms with Crippen molar-refractivity contribution in [1.82, 2.24) is 10.6 Å². The molecule has 0 aromatic heterocycles. The Morgan fingerprint density at radius 1 is 0.941 bits per heavy atom. The molecule has 0 fully saturated rings. The first kappa shape index (κ1) is 14.2.